The van der Waals surface area contributed by atoms with Gasteiger partial charge in [-0.1, -0.05) is 6.92 Å². The number of halogens is 2. The van der Waals surface area contributed by atoms with E-state index in [1.54, 1.807) is 0 Å². The van der Waals surface area contributed by atoms with Gasteiger partial charge >= 0.3 is 0 Å². The highest BCUT2D eigenvalue weighted by molar-refractivity contribution is 9.11. The second kappa shape index (κ2) is 4.45. The molecular weight excluding hydrogens is 334 g/mol. The fraction of sp³-hybridized carbons (Fsp3) is 0.455. The maximum absolute atomic E-state index is 4.57. The van der Waals surface area contributed by atoms with Gasteiger partial charge in [-0.2, -0.15) is 5.10 Å². The fourth-order valence-corrected chi connectivity index (χ4v) is 3.00. The minimum absolute atomic E-state index is 0.385. The van der Waals surface area contributed by atoms with Crippen molar-refractivity contribution in [2.45, 2.75) is 33.2 Å². The summed E-state index contributed by atoms with van der Waals surface area (Å²) >= 11 is 6.98. The van der Waals surface area contributed by atoms with Crippen molar-refractivity contribution in [2.24, 2.45) is 0 Å². The summed E-state index contributed by atoms with van der Waals surface area (Å²) in [7, 11) is 0. The molecule has 2 aromatic heterocycles. The van der Waals surface area contributed by atoms with Crippen LogP contribution >= 0.6 is 31.9 Å². The summed E-state index contributed by atoms with van der Waals surface area (Å²) in [5.74, 6) is 0. The minimum Gasteiger partial charge on any atom is -0.259 e. The minimum atomic E-state index is 0.385. The molecule has 5 heteroatoms. The predicted octanol–water partition coefficient (Wildman–Crippen LogP) is 4.24. The van der Waals surface area contributed by atoms with E-state index in [1.165, 1.54) is 0 Å². The molecule has 0 saturated heterocycles. The Morgan fingerprint density at radius 2 is 2.12 bits per heavy atom. The molecule has 0 aliphatic heterocycles. The van der Waals surface area contributed by atoms with E-state index < -0.39 is 0 Å². The van der Waals surface area contributed by atoms with Crippen molar-refractivity contribution in [1.29, 1.82) is 0 Å². The van der Waals surface area contributed by atoms with Crippen molar-refractivity contribution in [3.63, 3.8) is 0 Å². The molecule has 2 rings (SSSR count). The van der Waals surface area contributed by atoms with Gasteiger partial charge in [0.25, 0.3) is 0 Å². The fourth-order valence-electron chi connectivity index (χ4n) is 1.70. The van der Waals surface area contributed by atoms with Crippen molar-refractivity contribution in [1.82, 2.24) is 14.8 Å². The zero-order chi connectivity index (χ0) is 11.9. The van der Waals surface area contributed by atoms with Gasteiger partial charge in [-0.3, -0.25) is 4.68 Å². The molecule has 0 radical (unpaired) electrons. The first-order valence-corrected chi connectivity index (χ1v) is 6.84. The average molecular weight is 347 g/mol. The van der Waals surface area contributed by atoms with Gasteiger partial charge in [0.15, 0.2) is 0 Å². The van der Waals surface area contributed by atoms with Gasteiger partial charge in [-0.15, -0.1) is 0 Å². The van der Waals surface area contributed by atoms with E-state index in [2.05, 4.69) is 55.8 Å². The summed E-state index contributed by atoms with van der Waals surface area (Å²) in [5, 5.41) is 4.57. The zero-order valence-corrected chi connectivity index (χ0v) is 12.6. The Morgan fingerprint density at radius 1 is 1.44 bits per heavy atom. The highest BCUT2D eigenvalue weighted by Gasteiger charge is 2.15. The topological polar surface area (TPSA) is 30.7 Å². The molecule has 16 heavy (non-hydrogen) atoms. The van der Waals surface area contributed by atoms with Crippen LogP contribution in [0.25, 0.3) is 11.0 Å². The Bertz CT molecular complexity index is 533. The molecule has 0 spiro atoms. The molecule has 1 unspecified atom stereocenters. The van der Waals surface area contributed by atoms with Gasteiger partial charge in [0, 0.05) is 10.5 Å². The van der Waals surface area contributed by atoms with Crippen molar-refractivity contribution in [3.05, 3.63) is 20.8 Å². The van der Waals surface area contributed by atoms with Crippen molar-refractivity contribution >= 4 is 42.9 Å². The van der Waals surface area contributed by atoms with Crippen molar-refractivity contribution < 1.29 is 0 Å². The molecule has 0 aliphatic carbocycles. The third-order valence-electron chi connectivity index (χ3n) is 2.75. The summed E-state index contributed by atoms with van der Waals surface area (Å²) in [6, 6.07) is 2.35. The molecule has 0 N–H and O–H groups in total. The van der Waals surface area contributed by atoms with Crippen LogP contribution < -0.4 is 0 Å². The monoisotopic (exact) mass is 345 g/mol. The molecule has 2 aromatic rings. The van der Waals surface area contributed by atoms with Gasteiger partial charge in [-0.05, 0) is 58.2 Å². The van der Waals surface area contributed by atoms with Crippen molar-refractivity contribution in [2.75, 3.05) is 0 Å². The number of aromatic nitrogens is 3. The summed E-state index contributed by atoms with van der Waals surface area (Å²) in [6.45, 7) is 6.32. The summed E-state index contributed by atoms with van der Waals surface area (Å²) < 4.78 is 3.91. The van der Waals surface area contributed by atoms with Gasteiger partial charge in [0.05, 0.1) is 5.69 Å². The largest absolute Gasteiger partial charge is 0.259 e. The van der Waals surface area contributed by atoms with Crippen LogP contribution in [0.15, 0.2) is 15.1 Å². The molecule has 0 bridgehead atoms. The van der Waals surface area contributed by atoms with Gasteiger partial charge in [-0.25, -0.2) is 4.98 Å². The molecule has 2 heterocycles. The summed E-state index contributed by atoms with van der Waals surface area (Å²) in [6.07, 6.45) is 1.05. The molecule has 1 atom stereocenters. The lowest BCUT2D eigenvalue weighted by molar-refractivity contribution is 0.490. The van der Waals surface area contributed by atoms with Gasteiger partial charge < -0.3 is 0 Å². The number of aryl methyl sites for hydroxylation is 1. The normalized spacial score (nSPS) is 13.3. The van der Waals surface area contributed by atoms with Gasteiger partial charge in [0.2, 0.25) is 0 Å². The number of pyridine rings is 1. The molecule has 0 aromatic carbocycles. The Morgan fingerprint density at radius 3 is 2.75 bits per heavy atom. The van der Waals surface area contributed by atoms with E-state index in [4.69, 9.17) is 0 Å². The third-order valence-corrected chi connectivity index (χ3v) is 3.76. The number of nitrogens with zero attached hydrogens (tertiary/aromatic N) is 3. The third kappa shape index (κ3) is 1.91. The van der Waals surface area contributed by atoms with Crippen LogP contribution in [0.3, 0.4) is 0 Å². The van der Waals surface area contributed by atoms with Crippen LogP contribution in [0, 0.1) is 6.92 Å². The van der Waals surface area contributed by atoms with Crippen LogP contribution in [-0.4, -0.2) is 14.8 Å². The van der Waals surface area contributed by atoms with Crippen LogP contribution in [0.1, 0.15) is 32.0 Å². The lowest BCUT2D eigenvalue weighted by atomic mass is 10.2. The quantitative estimate of drug-likeness (QED) is 0.761. The highest BCUT2D eigenvalue weighted by Crippen LogP contribution is 2.30. The smallest absolute Gasteiger partial charge is 0.114 e. The van der Waals surface area contributed by atoms with E-state index in [1.807, 2.05) is 17.7 Å². The van der Waals surface area contributed by atoms with Crippen LogP contribution in [-0.2, 0) is 0 Å². The molecule has 86 valence electrons. The summed E-state index contributed by atoms with van der Waals surface area (Å²) in [4.78, 5) is 4.48. The van der Waals surface area contributed by atoms with Crippen LogP contribution in [0.2, 0.25) is 0 Å². The Kier molecular flexibility index (Phi) is 3.35. The Hall–Kier alpha value is -0.420. The van der Waals surface area contributed by atoms with Crippen molar-refractivity contribution in [3.8, 4) is 0 Å². The second-order valence-electron chi connectivity index (χ2n) is 3.91. The number of rotatable bonds is 2. The second-order valence-corrected chi connectivity index (χ2v) is 5.58. The van der Waals surface area contributed by atoms with E-state index >= 15 is 0 Å². The first-order chi connectivity index (χ1) is 7.54. The van der Waals surface area contributed by atoms with E-state index in [0.717, 1.165) is 32.2 Å². The van der Waals surface area contributed by atoms with Gasteiger partial charge in [0.1, 0.15) is 15.6 Å². The van der Waals surface area contributed by atoms with Crippen LogP contribution in [0.5, 0.6) is 0 Å². The molecular formula is C11H13Br2N3. The molecule has 0 aliphatic rings. The first kappa shape index (κ1) is 12.0. The van der Waals surface area contributed by atoms with Crippen LogP contribution in [0.4, 0.5) is 0 Å². The predicted molar refractivity (Wildman–Crippen MR) is 72.7 cm³/mol. The average Bonchev–Trinajstić information content (AvgIpc) is 2.55. The molecule has 0 saturated carbocycles. The first-order valence-electron chi connectivity index (χ1n) is 5.25. The van der Waals surface area contributed by atoms with E-state index in [-0.39, 0.29) is 0 Å². The summed E-state index contributed by atoms with van der Waals surface area (Å²) in [5.41, 5.74) is 3.01. The van der Waals surface area contributed by atoms with E-state index in [9.17, 15) is 0 Å². The molecule has 0 amide bonds. The standard InChI is InChI=1S/C11H13Br2N3/c1-4-6(2)16-11-8(12)5-9(13)14-10(11)7(3)15-16/h5-6H,4H2,1-3H3. The maximum Gasteiger partial charge on any atom is 0.114 e. The Balaban J connectivity index is 2.78. The lowest BCUT2D eigenvalue weighted by Gasteiger charge is -2.11. The lowest BCUT2D eigenvalue weighted by Crippen LogP contribution is -2.06. The SMILES string of the molecule is CCC(C)n1nc(C)c2nc(Br)cc(Br)c21. The zero-order valence-electron chi connectivity index (χ0n) is 9.46. The highest BCUT2D eigenvalue weighted by atomic mass is 79.9. The molecule has 3 nitrogen and oxygen atoms in total. The van der Waals surface area contributed by atoms with E-state index in [0.29, 0.717) is 6.04 Å². The maximum atomic E-state index is 4.57. The number of hydrogen-bond donors (Lipinski definition) is 0. The Labute approximate surface area is 111 Å². The number of fused-ring (bicyclic) bond motifs is 1. The molecule has 0 fully saturated rings. The number of hydrogen-bond acceptors (Lipinski definition) is 2.